The summed E-state index contributed by atoms with van der Waals surface area (Å²) in [6, 6.07) is 14.2. The molecule has 0 radical (unpaired) electrons. The average Bonchev–Trinajstić information content (AvgIpc) is 3.09. The summed E-state index contributed by atoms with van der Waals surface area (Å²) < 4.78 is 4.59. The van der Waals surface area contributed by atoms with E-state index in [4.69, 9.17) is 0 Å². The predicted molar refractivity (Wildman–Crippen MR) is 93.4 cm³/mol. The van der Waals surface area contributed by atoms with Crippen LogP contribution in [0.5, 0.6) is 0 Å². The van der Waals surface area contributed by atoms with Gasteiger partial charge in [0.1, 0.15) is 0 Å². The van der Waals surface area contributed by atoms with Gasteiger partial charge in [0.25, 0.3) is 0 Å². The second-order valence-electron chi connectivity index (χ2n) is 5.76. The summed E-state index contributed by atoms with van der Waals surface area (Å²) in [5, 5.41) is 0. The molecule has 5 nitrogen and oxygen atoms in total. The van der Waals surface area contributed by atoms with Gasteiger partial charge in [-0.05, 0) is 30.5 Å². The van der Waals surface area contributed by atoms with Crippen molar-refractivity contribution in [3.8, 4) is 11.3 Å². The number of aromatic nitrogens is 1. The van der Waals surface area contributed by atoms with Gasteiger partial charge in [-0.15, -0.1) is 0 Å². The van der Waals surface area contributed by atoms with Gasteiger partial charge < -0.3 is 14.6 Å². The highest BCUT2D eigenvalue weighted by atomic mass is 16.5. The number of carbonyl (C=O) groups excluding carboxylic acids is 2. The quantitative estimate of drug-likeness (QED) is 0.758. The van der Waals surface area contributed by atoms with E-state index < -0.39 is 0 Å². The van der Waals surface area contributed by atoms with Crippen LogP contribution in [0.1, 0.15) is 25.0 Å². The van der Waals surface area contributed by atoms with Crippen molar-refractivity contribution in [1.82, 2.24) is 9.88 Å². The first-order valence-corrected chi connectivity index (χ1v) is 8.14. The smallest absolute Gasteiger partial charge is 0.305 e. The molecular weight excluding hydrogens is 304 g/mol. The van der Waals surface area contributed by atoms with Crippen molar-refractivity contribution in [2.75, 3.05) is 20.7 Å². The fourth-order valence-corrected chi connectivity index (χ4v) is 2.49. The lowest BCUT2D eigenvalue weighted by molar-refractivity contribution is -0.141. The second-order valence-corrected chi connectivity index (χ2v) is 5.76. The molecule has 2 rings (SSSR count). The third-order valence-electron chi connectivity index (χ3n) is 3.97. The van der Waals surface area contributed by atoms with Crippen LogP contribution in [0.2, 0.25) is 0 Å². The molecule has 0 bridgehead atoms. The van der Waals surface area contributed by atoms with Crippen LogP contribution in [0.15, 0.2) is 42.5 Å². The lowest BCUT2D eigenvalue weighted by Gasteiger charge is -2.16. The number of ether oxygens (including phenoxy) is 1. The number of hydrogen-bond acceptors (Lipinski definition) is 3. The predicted octanol–water partition coefficient (Wildman–Crippen LogP) is 3.03. The van der Waals surface area contributed by atoms with Gasteiger partial charge in [0.2, 0.25) is 5.91 Å². The Morgan fingerprint density at radius 1 is 1.08 bits per heavy atom. The van der Waals surface area contributed by atoms with Gasteiger partial charge in [-0.3, -0.25) is 9.59 Å². The zero-order valence-electron chi connectivity index (χ0n) is 14.2. The monoisotopic (exact) mass is 328 g/mol. The van der Waals surface area contributed by atoms with E-state index in [9.17, 15) is 9.59 Å². The Balaban J connectivity index is 1.77. The summed E-state index contributed by atoms with van der Waals surface area (Å²) in [5.74, 6) is -0.161. The van der Waals surface area contributed by atoms with E-state index in [1.54, 1.807) is 11.9 Å². The summed E-state index contributed by atoms with van der Waals surface area (Å²) in [4.78, 5) is 28.2. The van der Waals surface area contributed by atoms with E-state index in [2.05, 4.69) is 21.9 Å². The lowest BCUT2D eigenvalue weighted by Crippen LogP contribution is -2.28. The number of hydrogen-bond donors (Lipinski definition) is 1. The number of aromatic amines is 1. The molecule has 5 heteroatoms. The minimum Gasteiger partial charge on any atom is -0.469 e. The molecule has 0 spiro atoms. The Hall–Kier alpha value is -2.56. The summed E-state index contributed by atoms with van der Waals surface area (Å²) in [6.45, 7) is 0.563. The molecule has 1 amide bonds. The van der Waals surface area contributed by atoms with Crippen LogP contribution in [-0.2, 0) is 20.7 Å². The zero-order chi connectivity index (χ0) is 17.4. The molecule has 0 fully saturated rings. The topological polar surface area (TPSA) is 62.4 Å². The average molecular weight is 328 g/mol. The van der Waals surface area contributed by atoms with Gasteiger partial charge in [0.05, 0.1) is 7.11 Å². The van der Waals surface area contributed by atoms with Crippen LogP contribution in [-0.4, -0.2) is 42.5 Å². The summed E-state index contributed by atoms with van der Waals surface area (Å²) in [7, 11) is 3.14. The fraction of sp³-hybridized carbons (Fsp3) is 0.368. The molecule has 1 aromatic carbocycles. The number of benzene rings is 1. The van der Waals surface area contributed by atoms with Gasteiger partial charge >= 0.3 is 5.97 Å². The first kappa shape index (κ1) is 17.8. The molecule has 0 aliphatic rings. The van der Waals surface area contributed by atoms with Crippen molar-refractivity contribution in [1.29, 1.82) is 0 Å². The Kier molecular flexibility index (Phi) is 6.61. The molecule has 1 N–H and O–H groups in total. The maximum Gasteiger partial charge on any atom is 0.305 e. The summed E-state index contributed by atoms with van der Waals surface area (Å²) in [6.07, 6.45) is 2.08. The molecule has 0 aliphatic heterocycles. The minimum absolute atomic E-state index is 0.0794. The normalized spacial score (nSPS) is 10.4. The Morgan fingerprint density at radius 3 is 2.54 bits per heavy atom. The first-order chi connectivity index (χ1) is 11.6. The maximum atomic E-state index is 12.1. The SMILES string of the molecule is COC(=O)CCCN(C)C(=O)CCc1ccc(-c2ccccc2)[nH]1. The lowest BCUT2D eigenvalue weighted by atomic mass is 10.2. The number of nitrogens with zero attached hydrogens (tertiary/aromatic N) is 1. The van der Waals surface area contributed by atoms with Gasteiger partial charge in [0.15, 0.2) is 0 Å². The molecule has 1 aromatic heterocycles. The van der Waals surface area contributed by atoms with Gasteiger partial charge in [0, 0.05) is 37.8 Å². The van der Waals surface area contributed by atoms with Crippen molar-refractivity contribution in [3.05, 3.63) is 48.2 Å². The van der Waals surface area contributed by atoms with Gasteiger partial charge in [-0.25, -0.2) is 0 Å². The molecule has 0 unspecified atom stereocenters. The van der Waals surface area contributed by atoms with E-state index in [0.717, 1.165) is 17.0 Å². The van der Waals surface area contributed by atoms with E-state index in [0.29, 0.717) is 32.2 Å². The van der Waals surface area contributed by atoms with Crippen LogP contribution >= 0.6 is 0 Å². The van der Waals surface area contributed by atoms with Crippen LogP contribution in [0, 0.1) is 0 Å². The van der Waals surface area contributed by atoms with Crippen molar-refractivity contribution in [2.24, 2.45) is 0 Å². The molecule has 0 atom stereocenters. The third-order valence-corrected chi connectivity index (χ3v) is 3.97. The molecule has 0 saturated heterocycles. The molecule has 0 saturated carbocycles. The van der Waals surface area contributed by atoms with Crippen molar-refractivity contribution >= 4 is 11.9 Å². The van der Waals surface area contributed by atoms with Gasteiger partial charge in [-0.1, -0.05) is 30.3 Å². The third kappa shape index (κ3) is 5.26. The molecule has 0 aliphatic carbocycles. The molecular formula is C19H24N2O3. The minimum atomic E-state index is -0.240. The van der Waals surface area contributed by atoms with Crippen LogP contribution < -0.4 is 0 Å². The second kappa shape index (κ2) is 8.91. The standard InChI is InChI=1S/C19H24N2O3/c1-21(14-6-9-19(23)24-2)18(22)13-11-16-10-12-17(20-16)15-7-4-3-5-8-15/h3-5,7-8,10,12,20H,6,9,11,13-14H2,1-2H3. The van der Waals surface area contributed by atoms with E-state index >= 15 is 0 Å². The number of methoxy groups -OCH3 is 1. The number of nitrogens with one attached hydrogen (secondary N) is 1. The number of aryl methyl sites for hydroxylation is 1. The van der Waals surface area contributed by atoms with E-state index in [1.807, 2.05) is 30.3 Å². The highest BCUT2D eigenvalue weighted by Gasteiger charge is 2.10. The van der Waals surface area contributed by atoms with Crippen LogP contribution in [0.25, 0.3) is 11.3 Å². The molecule has 2 aromatic rings. The number of H-pyrrole nitrogens is 1. The Labute approximate surface area is 142 Å². The van der Waals surface area contributed by atoms with Crippen molar-refractivity contribution in [2.45, 2.75) is 25.7 Å². The highest BCUT2D eigenvalue weighted by molar-refractivity contribution is 5.76. The van der Waals surface area contributed by atoms with Crippen molar-refractivity contribution in [3.63, 3.8) is 0 Å². The van der Waals surface area contributed by atoms with Crippen LogP contribution in [0.4, 0.5) is 0 Å². The molecule has 128 valence electrons. The number of amides is 1. The van der Waals surface area contributed by atoms with Crippen molar-refractivity contribution < 1.29 is 14.3 Å². The Morgan fingerprint density at radius 2 is 1.83 bits per heavy atom. The maximum absolute atomic E-state index is 12.1. The van der Waals surface area contributed by atoms with E-state index in [1.165, 1.54) is 7.11 Å². The van der Waals surface area contributed by atoms with Gasteiger partial charge in [-0.2, -0.15) is 0 Å². The molecule has 1 heterocycles. The first-order valence-electron chi connectivity index (χ1n) is 8.14. The molecule has 24 heavy (non-hydrogen) atoms. The summed E-state index contributed by atoms with van der Waals surface area (Å²) >= 11 is 0. The number of esters is 1. The zero-order valence-corrected chi connectivity index (χ0v) is 14.2. The highest BCUT2D eigenvalue weighted by Crippen LogP contribution is 2.18. The fourth-order valence-electron chi connectivity index (χ4n) is 2.49. The largest absolute Gasteiger partial charge is 0.469 e. The number of carbonyl (C=O) groups is 2. The van der Waals surface area contributed by atoms with E-state index in [-0.39, 0.29) is 11.9 Å². The Bertz CT molecular complexity index is 664. The summed E-state index contributed by atoms with van der Waals surface area (Å²) in [5.41, 5.74) is 3.24. The number of rotatable bonds is 8. The van der Waals surface area contributed by atoms with Crippen LogP contribution in [0.3, 0.4) is 0 Å².